The summed E-state index contributed by atoms with van der Waals surface area (Å²) < 4.78 is 6.61. The largest absolute Gasteiger partial charge is 0.461 e. The van der Waals surface area contributed by atoms with Crippen LogP contribution < -0.4 is 0 Å². The molecule has 1 rings (SSSR count). The lowest BCUT2D eigenvalue weighted by Gasteiger charge is -2.05. The predicted molar refractivity (Wildman–Crippen MR) is 61.0 cm³/mol. The van der Waals surface area contributed by atoms with Crippen molar-refractivity contribution in [1.82, 2.24) is 9.78 Å². The lowest BCUT2D eigenvalue weighted by Crippen LogP contribution is -2.13. The molecule has 1 heterocycles. The lowest BCUT2D eigenvalue weighted by molar-refractivity contribution is 0.0511. The molecule has 0 aliphatic rings. The topological polar surface area (TPSA) is 44.1 Å². The summed E-state index contributed by atoms with van der Waals surface area (Å²) in [6, 6.07) is 1.73. The van der Waals surface area contributed by atoms with Crippen molar-refractivity contribution in [3.63, 3.8) is 0 Å². The maximum atomic E-state index is 11.6. The molecular weight excluding hydrogens is 204 g/mol. The van der Waals surface area contributed by atoms with Crippen LogP contribution >= 0.6 is 0 Å². The molecule has 0 fully saturated rings. The molecule has 0 saturated carbocycles. The summed E-state index contributed by atoms with van der Waals surface area (Å²) in [5, 5.41) is 4.23. The van der Waals surface area contributed by atoms with Crippen LogP contribution in [-0.4, -0.2) is 22.4 Å². The van der Waals surface area contributed by atoms with E-state index in [0.29, 0.717) is 25.3 Å². The van der Waals surface area contributed by atoms with Crippen LogP contribution in [-0.2, 0) is 11.3 Å². The SMILES string of the molecule is C#CCCCn1nc(C)cc1C(=O)OCC. The average molecular weight is 220 g/mol. The fourth-order valence-electron chi connectivity index (χ4n) is 1.42. The fourth-order valence-corrected chi connectivity index (χ4v) is 1.42. The van der Waals surface area contributed by atoms with Gasteiger partial charge in [-0.15, -0.1) is 12.3 Å². The van der Waals surface area contributed by atoms with Crippen LogP contribution in [0.2, 0.25) is 0 Å². The zero-order chi connectivity index (χ0) is 12.0. The summed E-state index contributed by atoms with van der Waals surface area (Å²) in [4.78, 5) is 11.6. The Kier molecular flexibility index (Phi) is 4.59. The van der Waals surface area contributed by atoms with Gasteiger partial charge in [-0.3, -0.25) is 4.68 Å². The predicted octanol–water partition coefficient (Wildman–Crippen LogP) is 1.78. The number of carbonyl (C=O) groups is 1. The van der Waals surface area contributed by atoms with Crippen LogP contribution in [0.3, 0.4) is 0 Å². The van der Waals surface area contributed by atoms with Gasteiger partial charge in [-0.25, -0.2) is 4.79 Å². The number of unbranched alkanes of at least 4 members (excludes halogenated alkanes) is 1. The van der Waals surface area contributed by atoms with Gasteiger partial charge in [0.05, 0.1) is 12.3 Å². The molecule has 0 aliphatic carbocycles. The van der Waals surface area contributed by atoms with E-state index in [9.17, 15) is 4.79 Å². The smallest absolute Gasteiger partial charge is 0.356 e. The first kappa shape index (κ1) is 12.3. The molecule has 0 aromatic carbocycles. The molecule has 0 saturated heterocycles. The van der Waals surface area contributed by atoms with Crippen molar-refractivity contribution in [2.24, 2.45) is 0 Å². The highest BCUT2D eigenvalue weighted by Crippen LogP contribution is 2.07. The first-order valence-electron chi connectivity index (χ1n) is 5.34. The van der Waals surface area contributed by atoms with E-state index in [1.54, 1.807) is 17.7 Å². The molecule has 1 aromatic rings. The third-order valence-corrected chi connectivity index (χ3v) is 2.08. The molecule has 0 unspecified atom stereocenters. The van der Waals surface area contributed by atoms with Gasteiger partial charge in [-0.1, -0.05) is 0 Å². The number of hydrogen-bond donors (Lipinski definition) is 0. The van der Waals surface area contributed by atoms with E-state index in [0.717, 1.165) is 12.1 Å². The summed E-state index contributed by atoms with van der Waals surface area (Å²) >= 11 is 0. The molecule has 16 heavy (non-hydrogen) atoms. The zero-order valence-corrected chi connectivity index (χ0v) is 9.69. The van der Waals surface area contributed by atoms with E-state index in [2.05, 4.69) is 11.0 Å². The molecular formula is C12H16N2O2. The molecule has 0 spiro atoms. The Hall–Kier alpha value is -1.76. The highest BCUT2D eigenvalue weighted by atomic mass is 16.5. The summed E-state index contributed by atoms with van der Waals surface area (Å²) in [7, 11) is 0. The minimum atomic E-state index is -0.330. The number of carbonyl (C=O) groups excluding carboxylic acids is 1. The van der Waals surface area contributed by atoms with Gasteiger partial charge in [0.2, 0.25) is 0 Å². The van der Waals surface area contributed by atoms with Gasteiger partial charge in [-0.2, -0.15) is 5.10 Å². The van der Waals surface area contributed by atoms with E-state index in [1.807, 2.05) is 6.92 Å². The summed E-state index contributed by atoms with van der Waals surface area (Å²) in [6.45, 7) is 4.64. The third-order valence-electron chi connectivity index (χ3n) is 2.08. The number of aryl methyl sites for hydroxylation is 2. The van der Waals surface area contributed by atoms with Crippen LogP contribution in [0.1, 0.15) is 35.9 Å². The Morgan fingerprint density at radius 1 is 1.69 bits per heavy atom. The minimum Gasteiger partial charge on any atom is -0.461 e. The number of terminal acetylenes is 1. The highest BCUT2D eigenvalue weighted by molar-refractivity contribution is 5.87. The Balaban J connectivity index is 2.75. The Morgan fingerprint density at radius 2 is 2.44 bits per heavy atom. The zero-order valence-electron chi connectivity index (χ0n) is 9.69. The maximum absolute atomic E-state index is 11.6. The Morgan fingerprint density at radius 3 is 3.06 bits per heavy atom. The number of ether oxygens (including phenoxy) is 1. The highest BCUT2D eigenvalue weighted by Gasteiger charge is 2.14. The van der Waals surface area contributed by atoms with Crippen LogP contribution in [0, 0.1) is 19.3 Å². The molecule has 0 amide bonds. The van der Waals surface area contributed by atoms with E-state index >= 15 is 0 Å². The van der Waals surface area contributed by atoms with Gasteiger partial charge in [0.25, 0.3) is 0 Å². The number of hydrogen-bond acceptors (Lipinski definition) is 3. The number of nitrogens with zero attached hydrogens (tertiary/aromatic N) is 2. The summed E-state index contributed by atoms with van der Waals surface area (Å²) in [5.74, 6) is 2.23. The van der Waals surface area contributed by atoms with Crippen molar-refractivity contribution in [3.8, 4) is 12.3 Å². The minimum absolute atomic E-state index is 0.330. The maximum Gasteiger partial charge on any atom is 0.356 e. The quantitative estimate of drug-likeness (QED) is 0.431. The number of rotatable bonds is 5. The molecule has 0 aliphatic heterocycles. The van der Waals surface area contributed by atoms with Crippen molar-refractivity contribution in [2.75, 3.05) is 6.61 Å². The molecule has 0 atom stereocenters. The van der Waals surface area contributed by atoms with Crippen molar-refractivity contribution in [1.29, 1.82) is 0 Å². The second kappa shape index (κ2) is 5.96. The van der Waals surface area contributed by atoms with E-state index in [1.165, 1.54) is 0 Å². The molecule has 86 valence electrons. The number of esters is 1. The average Bonchev–Trinajstić information content (AvgIpc) is 2.61. The second-order valence-corrected chi connectivity index (χ2v) is 3.42. The standard InChI is InChI=1S/C12H16N2O2/c1-4-6-7-8-14-11(9-10(3)13-14)12(15)16-5-2/h1,9H,5-8H2,2-3H3. The van der Waals surface area contributed by atoms with Gasteiger partial charge < -0.3 is 4.74 Å². The van der Waals surface area contributed by atoms with Crippen molar-refractivity contribution in [2.45, 2.75) is 33.2 Å². The molecule has 0 bridgehead atoms. The van der Waals surface area contributed by atoms with E-state index in [4.69, 9.17) is 11.2 Å². The monoisotopic (exact) mass is 220 g/mol. The van der Waals surface area contributed by atoms with Crippen LogP contribution in [0.15, 0.2) is 6.07 Å². The summed E-state index contributed by atoms with van der Waals surface area (Å²) in [6.07, 6.45) is 6.66. The molecule has 1 aromatic heterocycles. The summed E-state index contributed by atoms with van der Waals surface area (Å²) in [5.41, 5.74) is 1.31. The van der Waals surface area contributed by atoms with Crippen molar-refractivity contribution in [3.05, 3.63) is 17.5 Å². The van der Waals surface area contributed by atoms with E-state index in [-0.39, 0.29) is 5.97 Å². The van der Waals surface area contributed by atoms with Gasteiger partial charge in [-0.05, 0) is 26.3 Å². The van der Waals surface area contributed by atoms with Crippen LogP contribution in [0.5, 0.6) is 0 Å². The lowest BCUT2D eigenvalue weighted by atomic mass is 10.3. The molecule has 0 N–H and O–H groups in total. The second-order valence-electron chi connectivity index (χ2n) is 3.42. The van der Waals surface area contributed by atoms with Gasteiger partial charge in [0.1, 0.15) is 5.69 Å². The van der Waals surface area contributed by atoms with Crippen LogP contribution in [0.25, 0.3) is 0 Å². The Bertz CT molecular complexity index is 402. The third kappa shape index (κ3) is 3.13. The first-order chi connectivity index (χ1) is 7.69. The molecule has 0 radical (unpaired) electrons. The van der Waals surface area contributed by atoms with Crippen molar-refractivity contribution < 1.29 is 9.53 Å². The Labute approximate surface area is 95.6 Å². The molecule has 4 nitrogen and oxygen atoms in total. The van der Waals surface area contributed by atoms with E-state index < -0.39 is 0 Å². The van der Waals surface area contributed by atoms with Gasteiger partial charge in [0.15, 0.2) is 0 Å². The normalized spacial score (nSPS) is 9.81. The molecule has 4 heteroatoms. The number of aromatic nitrogens is 2. The van der Waals surface area contributed by atoms with Crippen LogP contribution in [0.4, 0.5) is 0 Å². The van der Waals surface area contributed by atoms with Crippen molar-refractivity contribution >= 4 is 5.97 Å². The fraction of sp³-hybridized carbons (Fsp3) is 0.500. The van der Waals surface area contributed by atoms with Gasteiger partial charge >= 0.3 is 5.97 Å². The van der Waals surface area contributed by atoms with Gasteiger partial charge in [0, 0.05) is 13.0 Å². The first-order valence-corrected chi connectivity index (χ1v) is 5.34.